The van der Waals surface area contributed by atoms with Gasteiger partial charge in [-0.1, -0.05) is 29.8 Å². The van der Waals surface area contributed by atoms with Gasteiger partial charge in [0.15, 0.2) is 5.13 Å². The third-order valence-electron chi connectivity index (χ3n) is 4.98. The van der Waals surface area contributed by atoms with E-state index in [4.69, 9.17) is 0 Å². The van der Waals surface area contributed by atoms with Crippen LogP contribution in [0.25, 0.3) is 11.4 Å². The van der Waals surface area contributed by atoms with Crippen molar-refractivity contribution in [3.05, 3.63) is 98.4 Å². The first-order valence-corrected chi connectivity index (χ1v) is 10.7. The molecule has 0 saturated carbocycles. The lowest BCUT2D eigenvalue weighted by Gasteiger charge is -2.10. The number of carbonyl (C=O) groups excluding carboxylic acids is 1. The van der Waals surface area contributed by atoms with Gasteiger partial charge in [-0.25, -0.2) is 4.98 Å². The van der Waals surface area contributed by atoms with Gasteiger partial charge in [0.1, 0.15) is 5.69 Å². The highest BCUT2D eigenvalue weighted by Crippen LogP contribution is 2.24. The van der Waals surface area contributed by atoms with Crippen molar-refractivity contribution in [3.63, 3.8) is 0 Å². The molecular formula is C24H22N4O2S. The summed E-state index contributed by atoms with van der Waals surface area (Å²) in [5.74, 6) is -0.367. The van der Waals surface area contributed by atoms with Crippen molar-refractivity contribution in [1.29, 1.82) is 0 Å². The van der Waals surface area contributed by atoms with Crippen LogP contribution in [0.2, 0.25) is 0 Å². The van der Waals surface area contributed by atoms with E-state index in [1.54, 1.807) is 16.8 Å². The Morgan fingerprint density at radius 2 is 1.87 bits per heavy atom. The van der Waals surface area contributed by atoms with Crippen LogP contribution in [0, 0.1) is 20.8 Å². The Bertz CT molecular complexity index is 1320. The molecule has 1 amide bonds. The molecular weight excluding hydrogens is 408 g/mol. The number of carbonyl (C=O) groups is 1. The van der Waals surface area contributed by atoms with Gasteiger partial charge in [0.2, 0.25) is 0 Å². The van der Waals surface area contributed by atoms with E-state index in [0.717, 1.165) is 28.1 Å². The Kier molecular flexibility index (Phi) is 5.77. The molecule has 0 aliphatic carbocycles. The van der Waals surface area contributed by atoms with Crippen LogP contribution < -0.4 is 10.9 Å². The van der Waals surface area contributed by atoms with Crippen molar-refractivity contribution in [3.8, 4) is 11.4 Å². The predicted octanol–water partition coefficient (Wildman–Crippen LogP) is 4.59. The average molecular weight is 431 g/mol. The maximum Gasteiger partial charge on any atom is 0.257 e. The molecule has 0 unspecified atom stereocenters. The minimum atomic E-state index is -0.367. The van der Waals surface area contributed by atoms with Crippen LogP contribution in [0.4, 0.5) is 5.13 Å². The number of hydrogen-bond donors (Lipinski definition) is 1. The fourth-order valence-corrected chi connectivity index (χ4v) is 3.94. The van der Waals surface area contributed by atoms with E-state index < -0.39 is 0 Å². The maximum atomic E-state index is 12.6. The van der Waals surface area contributed by atoms with E-state index in [-0.39, 0.29) is 11.5 Å². The number of rotatable bonds is 5. The molecule has 156 valence electrons. The van der Waals surface area contributed by atoms with Gasteiger partial charge in [0.05, 0.1) is 12.2 Å². The molecule has 0 bridgehead atoms. The normalized spacial score (nSPS) is 10.8. The first kappa shape index (κ1) is 20.7. The number of thiazole rings is 1. The molecule has 6 nitrogen and oxygen atoms in total. The zero-order valence-corrected chi connectivity index (χ0v) is 18.4. The van der Waals surface area contributed by atoms with Gasteiger partial charge in [-0.15, -0.1) is 11.3 Å². The second-order valence-corrected chi connectivity index (χ2v) is 8.33. The Labute approximate surface area is 184 Å². The molecule has 0 aliphatic heterocycles. The summed E-state index contributed by atoms with van der Waals surface area (Å²) < 4.78 is 1.60. The number of hydrogen-bond acceptors (Lipinski definition) is 5. The summed E-state index contributed by atoms with van der Waals surface area (Å²) in [7, 11) is 0. The molecule has 0 atom stereocenters. The van der Waals surface area contributed by atoms with Crippen molar-refractivity contribution in [2.24, 2.45) is 0 Å². The number of nitrogens with one attached hydrogen (secondary N) is 1. The molecule has 0 radical (unpaired) electrons. The number of nitrogens with zero attached hydrogens (tertiary/aromatic N) is 3. The topological polar surface area (TPSA) is 76.9 Å². The quantitative estimate of drug-likeness (QED) is 0.502. The Hall–Kier alpha value is -3.58. The van der Waals surface area contributed by atoms with Crippen LogP contribution in [-0.2, 0) is 6.54 Å². The largest absolute Gasteiger partial charge is 0.311 e. The lowest BCUT2D eigenvalue weighted by Crippen LogP contribution is -2.23. The standard InChI is InChI=1S/C24H22N4O2S/c1-15-7-8-16(2)19(11-15)13-28-10-9-18(12-22(28)29)23(30)27-24-26-21(14-31-24)20-6-4-5-17(3)25-20/h4-12,14H,13H2,1-3H3,(H,26,27,30). The number of benzene rings is 1. The van der Waals surface area contributed by atoms with Crippen LogP contribution in [0.1, 0.15) is 32.7 Å². The molecule has 0 fully saturated rings. The van der Waals surface area contributed by atoms with Gasteiger partial charge in [-0.3, -0.25) is 19.9 Å². The smallest absolute Gasteiger partial charge is 0.257 e. The molecule has 1 aromatic carbocycles. The third-order valence-corrected chi connectivity index (χ3v) is 5.74. The first-order chi connectivity index (χ1) is 14.9. The van der Waals surface area contributed by atoms with E-state index >= 15 is 0 Å². The highest BCUT2D eigenvalue weighted by Gasteiger charge is 2.12. The van der Waals surface area contributed by atoms with E-state index in [1.165, 1.54) is 17.4 Å². The summed E-state index contributed by atoms with van der Waals surface area (Å²) in [5, 5.41) is 5.08. The molecule has 4 rings (SSSR count). The summed E-state index contributed by atoms with van der Waals surface area (Å²) in [6.45, 7) is 6.43. The number of pyridine rings is 2. The summed E-state index contributed by atoms with van der Waals surface area (Å²) in [5.41, 5.74) is 5.79. The maximum absolute atomic E-state index is 12.6. The molecule has 3 heterocycles. The minimum Gasteiger partial charge on any atom is -0.311 e. The Morgan fingerprint density at radius 1 is 1.03 bits per heavy atom. The van der Waals surface area contributed by atoms with E-state index in [0.29, 0.717) is 22.9 Å². The molecule has 7 heteroatoms. The molecule has 31 heavy (non-hydrogen) atoms. The van der Waals surface area contributed by atoms with E-state index in [9.17, 15) is 9.59 Å². The Balaban J connectivity index is 1.49. The van der Waals surface area contributed by atoms with Crippen molar-refractivity contribution in [1.82, 2.24) is 14.5 Å². The second kappa shape index (κ2) is 8.65. The molecule has 0 aliphatic rings. The van der Waals surface area contributed by atoms with Gasteiger partial charge in [0, 0.05) is 28.9 Å². The third kappa shape index (κ3) is 4.78. The number of amides is 1. The van der Waals surface area contributed by atoms with Crippen LogP contribution in [-0.4, -0.2) is 20.4 Å². The van der Waals surface area contributed by atoms with Crippen LogP contribution in [0.5, 0.6) is 0 Å². The number of aromatic nitrogens is 3. The second-order valence-electron chi connectivity index (χ2n) is 7.47. The number of anilines is 1. The summed E-state index contributed by atoms with van der Waals surface area (Å²) >= 11 is 1.32. The van der Waals surface area contributed by atoms with Gasteiger partial charge in [-0.05, 0) is 50.1 Å². The zero-order valence-electron chi connectivity index (χ0n) is 17.5. The van der Waals surface area contributed by atoms with Crippen molar-refractivity contribution in [2.45, 2.75) is 27.3 Å². The predicted molar refractivity (Wildman–Crippen MR) is 124 cm³/mol. The lowest BCUT2D eigenvalue weighted by atomic mass is 10.1. The van der Waals surface area contributed by atoms with Gasteiger partial charge in [0.25, 0.3) is 11.5 Å². The van der Waals surface area contributed by atoms with Crippen LogP contribution in [0.15, 0.2) is 64.9 Å². The van der Waals surface area contributed by atoms with Crippen LogP contribution >= 0.6 is 11.3 Å². The minimum absolute atomic E-state index is 0.225. The fourth-order valence-electron chi connectivity index (χ4n) is 3.24. The molecule has 0 saturated heterocycles. The zero-order chi connectivity index (χ0) is 22.0. The first-order valence-electron chi connectivity index (χ1n) is 9.86. The molecule has 4 aromatic rings. The van der Waals surface area contributed by atoms with E-state index in [2.05, 4.69) is 21.4 Å². The summed E-state index contributed by atoms with van der Waals surface area (Å²) in [6.07, 6.45) is 1.66. The highest BCUT2D eigenvalue weighted by atomic mass is 32.1. The monoisotopic (exact) mass is 430 g/mol. The lowest BCUT2D eigenvalue weighted by molar-refractivity contribution is 0.102. The average Bonchev–Trinajstić information content (AvgIpc) is 3.20. The van der Waals surface area contributed by atoms with Gasteiger partial charge < -0.3 is 4.57 Å². The van der Waals surface area contributed by atoms with Gasteiger partial charge >= 0.3 is 0 Å². The van der Waals surface area contributed by atoms with Gasteiger partial charge in [-0.2, -0.15) is 0 Å². The summed E-state index contributed by atoms with van der Waals surface area (Å²) in [4.78, 5) is 34.1. The fraction of sp³-hybridized carbons (Fsp3) is 0.167. The highest BCUT2D eigenvalue weighted by molar-refractivity contribution is 7.14. The molecule has 3 aromatic heterocycles. The van der Waals surface area contributed by atoms with Crippen LogP contribution in [0.3, 0.4) is 0 Å². The van der Waals surface area contributed by atoms with E-state index in [1.807, 2.05) is 56.5 Å². The Morgan fingerprint density at radius 3 is 2.65 bits per heavy atom. The van der Waals surface area contributed by atoms with Crippen molar-refractivity contribution < 1.29 is 4.79 Å². The van der Waals surface area contributed by atoms with Crippen molar-refractivity contribution >= 4 is 22.4 Å². The molecule has 1 N–H and O–H groups in total. The number of aryl methyl sites for hydroxylation is 3. The summed E-state index contributed by atoms with van der Waals surface area (Å²) in [6, 6.07) is 14.9. The SMILES string of the molecule is Cc1ccc(C)c(Cn2ccc(C(=O)Nc3nc(-c4cccc(C)n4)cs3)cc2=O)c1. The van der Waals surface area contributed by atoms with Crippen molar-refractivity contribution in [2.75, 3.05) is 5.32 Å². The molecule has 0 spiro atoms.